The fraction of sp³-hybridized carbons (Fsp3) is 0.333. The summed E-state index contributed by atoms with van der Waals surface area (Å²) >= 11 is 0. The number of sulfone groups is 1. The van der Waals surface area contributed by atoms with Crippen molar-refractivity contribution in [3.63, 3.8) is 0 Å². The van der Waals surface area contributed by atoms with E-state index in [1.807, 2.05) is 17.7 Å². The summed E-state index contributed by atoms with van der Waals surface area (Å²) in [5.74, 6) is -0.488. The lowest BCUT2D eigenvalue weighted by Crippen LogP contribution is -2.22. The van der Waals surface area contributed by atoms with E-state index in [2.05, 4.69) is 44.9 Å². The molecule has 0 saturated carbocycles. The Bertz CT molecular complexity index is 1570. The van der Waals surface area contributed by atoms with Gasteiger partial charge in [-0.2, -0.15) is 0 Å². The maximum atomic E-state index is 14.9. The average Bonchev–Trinajstić information content (AvgIpc) is 3.17. The molecular formula is C24H30FN7O3SSi. The van der Waals surface area contributed by atoms with Crippen molar-refractivity contribution >= 4 is 46.4 Å². The Hall–Kier alpha value is -3.42. The first-order valence-corrected chi connectivity index (χ1v) is 17.2. The molecule has 0 unspecified atom stereocenters. The summed E-state index contributed by atoms with van der Waals surface area (Å²) in [5, 5.41) is 2.80. The van der Waals surface area contributed by atoms with Crippen molar-refractivity contribution in [2.24, 2.45) is 0 Å². The smallest absolute Gasteiger partial charge is 0.227 e. The minimum Gasteiger partial charge on any atom is -0.382 e. The van der Waals surface area contributed by atoms with Gasteiger partial charge in [0.15, 0.2) is 21.5 Å². The number of hydrogen-bond donors (Lipinski definition) is 2. The highest BCUT2D eigenvalue weighted by atomic mass is 32.2. The molecule has 0 amide bonds. The van der Waals surface area contributed by atoms with E-state index in [4.69, 9.17) is 10.5 Å². The zero-order valence-corrected chi connectivity index (χ0v) is 23.2. The monoisotopic (exact) mass is 543 g/mol. The van der Waals surface area contributed by atoms with E-state index in [9.17, 15) is 12.8 Å². The van der Waals surface area contributed by atoms with Crippen LogP contribution in [0.5, 0.6) is 0 Å². The number of anilines is 3. The molecule has 3 heterocycles. The van der Waals surface area contributed by atoms with Crippen molar-refractivity contribution in [2.75, 3.05) is 23.9 Å². The van der Waals surface area contributed by atoms with Gasteiger partial charge in [-0.1, -0.05) is 25.7 Å². The normalized spacial score (nSPS) is 12.3. The van der Waals surface area contributed by atoms with Gasteiger partial charge in [-0.05, 0) is 30.7 Å². The third-order valence-corrected chi connectivity index (χ3v) is 8.56. The Balaban J connectivity index is 1.71. The molecule has 3 N–H and O–H groups in total. The molecule has 0 saturated heterocycles. The number of nitrogen functional groups attached to an aromatic ring is 1. The summed E-state index contributed by atoms with van der Waals surface area (Å²) in [4.78, 5) is 17.0. The summed E-state index contributed by atoms with van der Waals surface area (Å²) in [6.45, 7) is 9.63. The standard InChI is InChI=1S/C24H30FN7O3SSi/c1-15-11-27-24(30-17-7-6-8-18(19(17)25)36(2,33)34)31-20(15)16-12-32(14-35-9-10-37(3,4)5)22-21(16)28-13-29-23(22)26/h6-8,11-13H,9-10,14H2,1-5H3,(H2,26,28,29)(H,27,30,31). The molecule has 4 rings (SSSR count). The van der Waals surface area contributed by atoms with Crippen LogP contribution in [-0.4, -0.2) is 53.9 Å². The maximum Gasteiger partial charge on any atom is 0.227 e. The Morgan fingerprint density at radius 1 is 1.19 bits per heavy atom. The van der Waals surface area contributed by atoms with Gasteiger partial charge >= 0.3 is 0 Å². The van der Waals surface area contributed by atoms with Gasteiger partial charge in [-0.3, -0.25) is 0 Å². The van der Waals surface area contributed by atoms with Crippen molar-refractivity contribution in [3.8, 4) is 11.3 Å². The number of benzene rings is 1. The van der Waals surface area contributed by atoms with Crippen molar-refractivity contribution in [1.82, 2.24) is 24.5 Å². The van der Waals surface area contributed by atoms with Crippen LogP contribution < -0.4 is 11.1 Å². The van der Waals surface area contributed by atoms with Crippen LogP contribution in [0, 0.1) is 12.7 Å². The second-order valence-electron chi connectivity index (χ2n) is 10.1. The SMILES string of the molecule is Cc1cnc(Nc2cccc(S(C)(=O)=O)c2F)nc1-c1cn(COCC[Si](C)(C)C)c2c(N)ncnc12. The number of nitrogens with two attached hydrogens (primary N) is 1. The lowest BCUT2D eigenvalue weighted by molar-refractivity contribution is 0.0903. The van der Waals surface area contributed by atoms with Gasteiger partial charge in [0.2, 0.25) is 5.95 Å². The minimum atomic E-state index is -3.74. The lowest BCUT2D eigenvalue weighted by atomic mass is 10.1. The van der Waals surface area contributed by atoms with Crippen LogP contribution in [-0.2, 0) is 21.3 Å². The van der Waals surface area contributed by atoms with E-state index in [0.29, 0.717) is 34.7 Å². The topological polar surface area (TPSA) is 138 Å². The largest absolute Gasteiger partial charge is 0.382 e. The zero-order valence-electron chi connectivity index (χ0n) is 21.4. The second-order valence-corrected chi connectivity index (χ2v) is 17.7. The van der Waals surface area contributed by atoms with E-state index in [0.717, 1.165) is 17.9 Å². The van der Waals surface area contributed by atoms with Crippen LogP contribution in [0.1, 0.15) is 5.56 Å². The minimum absolute atomic E-state index is 0.0532. The molecule has 13 heteroatoms. The Kier molecular flexibility index (Phi) is 7.30. The van der Waals surface area contributed by atoms with Crippen LogP contribution in [0.25, 0.3) is 22.3 Å². The molecule has 0 aliphatic carbocycles. The molecule has 10 nitrogen and oxygen atoms in total. The van der Waals surface area contributed by atoms with Crippen LogP contribution >= 0.6 is 0 Å². The average molecular weight is 544 g/mol. The summed E-state index contributed by atoms with van der Waals surface area (Å²) in [6, 6.07) is 5.11. The Morgan fingerprint density at radius 2 is 1.95 bits per heavy atom. The quantitative estimate of drug-likeness (QED) is 0.233. The first kappa shape index (κ1) is 26.6. The molecule has 0 aliphatic rings. The van der Waals surface area contributed by atoms with Gasteiger partial charge in [-0.15, -0.1) is 0 Å². The maximum absolute atomic E-state index is 14.9. The van der Waals surface area contributed by atoms with Gasteiger partial charge in [0, 0.05) is 38.9 Å². The molecule has 1 aromatic carbocycles. The number of hydrogen-bond acceptors (Lipinski definition) is 9. The van der Waals surface area contributed by atoms with Crippen molar-refractivity contribution in [1.29, 1.82) is 0 Å². The van der Waals surface area contributed by atoms with Crippen molar-refractivity contribution in [2.45, 2.75) is 44.2 Å². The molecule has 0 bridgehead atoms. The predicted octanol–water partition coefficient (Wildman–Crippen LogP) is 4.38. The summed E-state index contributed by atoms with van der Waals surface area (Å²) < 4.78 is 46.5. The number of nitrogens with one attached hydrogen (secondary N) is 1. The van der Waals surface area contributed by atoms with E-state index >= 15 is 0 Å². The number of fused-ring (bicyclic) bond motifs is 1. The van der Waals surface area contributed by atoms with E-state index in [-0.39, 0.29) is 18.4 Å². The first-order chi connectivity index (χ1) is 17.3. The summed E-state index contributed by atoms with van der Waals surface area (Å²) in [6.07, 6.45) is 5.79. The predicted molar refractivity (Wildman–Crippen MR) is 145 cm³/mol. The van der Waals surface area contributed by atoms with Gasteiger partial charge in [-0.25, -0.2) is 32.7 Å². The molecule has 3 aromatic heterocycles. The fourth-order valence-corrected chi connectivity index (χ4v) is 5.28. The second kappa shape index (κ2) is 10.1. The first-order valence-electron chi connectivity index (χ1n) is 11.6. The van der Waals surface area contributed by atoms with Crippen LogP contribution in [0.15, 0.2) is 41.8 Å². The van der Waals surface area contributed by atoms with Crippen LogP contribution in [0.3, 0.4) is 0 Å². The lowest BCUT2D eigenvalue weighted by Gasteiger charge is -2.15. The summed E-state index contributed by atoms with van der Waals surface area (Å²) in [5.41, 5.74) is 9.37. The van der Waals surface area contributed by atoms with Gasteiger partial charge < -0.3 is 20.4 Å². The highest BCUT2D eigenvalue weighted by Crippen LogP contribution is 2.33. The molecule has 0 radical (unpaired) electrons. The van der Waals surface area contributed by atoms with E-state index in [1.54, 1.807) is 6.20 Å². The molecule has 0 spiro atoms. The van der Waals surface area contributed by atoms with Gasteiger partial charge in [0.05, 0.1) is 11.4 Å². The number of aryl methyl sites for hydroxylation is 1. The third kappa shape index (κ3) is 5.94. The highest BCUT2D eigenvalue weighted by molar-refractivity contribution is 7.90. The molecule has 37 heavy (non-hydrogen) atoms. The Labute approximate surface area is 216 Å². The Morgan fingerprint density at radius 3 is 2.65 bits per heavy atom. The molecule has 4 aromatic rings. The van der Waals surface area contributed by atoms with Crippen LogP contribution in [0.2, 0.25) is 25.7 Å². The number of nitrogens with zero attached hydrogens (tertiary/aromatic N) is 5. The highest BCUT2D eigenvalue weighted by Gasteiger charge is 2.20. The zero-order chi connectivity index (χ0) is 27.0. The van der Waals surface area contributed by atoms with Crippen molar-refractivity contribution < 1.29 is 17.5 Å². The third-order valence-electron chi connectivity index (χ3n) is 5.74. The van der Waals surface area contributed by atoms with E-state index in [1.165, 1.54) is 24.5 Å². The fourth-order valence-electron chi connectivity index (χ4n) is 3.76. The molecule has 196 valence electrons. The molecule has 0 aliphatic heterocycles. The number of halogens is 1. The van der Waals surface area contributed by atoms with Crippen LogP contribution in [0.4, 0.5) is 21.8 Å². The number of rotatable bonds is 9. The number of aromatic nitrogens is 5. The number of ether oxygens (including phenoxy) is 1. The van der Waals surface area contributed by atoms with Gasteiger partial charge in [0.1, 0.15) is 29.0 Å². The molecule has 0 atom stereocenters. The van der Waals surface area contributed by atoms with Crippen molar-refractivity contribution in [3.05, 3.63) is 48.3 Å². The molecular weight excluding hydrogens is 513 g/mol. The van der Waals surface area contributed by atoms with Gasteiger partial charge in [0.25, 0.3) is 0 Å². The molecule has 0 fully saturated rings. The summed E-state index contributed by atoms with van der Waals surface area (Å²) in [7, 11) is -4.98. The van der Waals surface area contributed by atoms with E-state index < -0.39 is 28.6 Å².